The normalized spacial score (nSPS) is 12.1. The van der Waals surface area contributed by atoms with Crippen molar-refractivity contribution in [1.82, 2.24) is 39.2 Å². The monoisotopic (exact) mass is 703 g/mol. The number of amides is 1. The summed E-state index contributed by atoms with van der Waals surface area (Å²) in [6.07, 6.45) is 6.39. The first kappa shape index (κ1) is 33.3. The van der Waals surface area contributed by atoms with Gasteiger partial charge in [-0.05, 0) is 48.0 Å². The van der Waals surface area contributed by atoms with Crippen LogP contribution in [0.15, 0.2) is 100 Å². The Morgan fingerprint density at radius 1 is 0.960 bits per heavy atom. The van der Waals surface area contributed by atoms with Gasteiger partial charge in [0.15, 0.2) is 0 Å². The Morgan fingerprint density at radius 3 is 2.34 bits per heavy atom. The van der Waals surface area contributed by atoms with E-state index in [1.165, 1.54) is 89.9 Å². The van der Waals surface area contributed by atoms with Crippen molar-refractivity contribution in [2.45, 2.75) is 17.4 Å². The second kappa shape index (κ2) is 13.1. The maximum Gasteiger partial charge on any atom is 0.337 e. The molecule has 4 aromatic heterocycles. The SMILES string of the molecule is Cn1c(=O)n(-c2ccc(CC(NC(=O)c3cc(F)c(NS(=O)(=O)c4ccc(-n5cnnc5)cc4)cc3F)C(=O)O)cn2)c(=O)c2ccncc21. The number of aromatic nitrogens is 7. The molecule has 0 saturated heterocycles. The number of carboxylic acids is 1. The molecule has 0 fully saturated rings. The number of rotatable bonds is 10. The predicted molar refractivity (Wildman–Crippen MR) is 171 cm³/mol. The van der Waals surface area contributed by atoms with Crippen LogP contribution in [0.5, 0.6) is 0 Å². The molecular formula is C31H23F2N9O7S. The largest absolute Gasteiger partial charge is 0.480 e. The summed E-state index contributed by atoms with van der Waals surface area (Å²) in [5.74, 6) is -5.50. The van der Waals surface area contributed by atoms with E-state index in [9.17, 15) is 32.7 Å². The fraction of sp³-hybridized carbons (Fsp3) is 0.0968. The van der Waals surface area contributed by atoms with Crippen LogP contribution in [0.25, 0.3) is 22.4 Å². The van der Waals surface area contributed by atoms with Crippen LogP contribution < -0.4 is 21.3 Å². The quantitative estimate of drug-likeness (QED) is 0.186. The lowest BCUT2D eigenvalue weighted by Crippen LogP contribution is -2.42. The van der Waals surface area contributed by atoms with Crippen molar-refractivity contribution in [1.29, 1.82) is 0 Å². The number of carboxylic acid groups (broad SMARTS) is 1. The van der Waals surface area contributed by atoms with Gasteiger partial charge in [-0.3, -0.25) is 28.4 Å². The third-order valence-electron chi connectivity index (χ3n) is 7.56. The molecule has 254 valence electrons. The molecule has 1 unspecified atom stereocenters. The lowest BCUT2D eigenvalue weighted by molar-refractivity contribution is -0.139. The van der Waals surface area contributed by atoms with E-state index in [4.69, 9.17) is 0 Å². The molecule has 16 nitrogen and oxygen atoms in total. The molecule has 0 radical (unpaired) electrons. The van der Waals surface area contributed by atoms with Gasteiger partial charge in [-0.1, -0.05) is 6.07 Å². The Labute approximate surface area is 279 Å². The summed E-state index contributed by atoms with van der Waals surface area (Å²) in [5, 5.41) is 19.4. The molecule has 0 saturated carbocycles. The summed E-state index contributed by atoms with van der Waals surface area (Å²) < 4.78 is 61.3. The van der Waals surface area contributed by atoms with E-state index in [-0.39, 0.29) is 28.1 Å². The number of carbonyl (C=O) groups excluding carboxylic acids is 1. The van der Waals surface area contributed by atoms with Gasteiger partial charge in [-0.2, -0.15) is 0 Å². The van der Waals surface area contributed by atoms with Crippen LogP contribution in [-0.2, 0) is 28.3 Å². The molecule has 3 N–H and O–H groups in total. The van der Waals surface area contributed by atoms with Gasteiger partial charge in [-0.25, -0.2) is 36.3 Å². The van der Waals surface area contributed by atoms with E-state index in [1.807, 2.05) is 4.72 Å². The number of aryl methyl sites for hydroxylation is 1. The van der Waals surface area contributed by atoms with Crippen molar-refractivity contribution >= 4 is 38.5 Å². The number of aliphatic carboxylic acids is 1. The van der Waals surface area contributed by atoms with Crippen molar-refractivity contribution in [2.24, 2.45) is 7.05 Å². The predicted octanol–water partition coefficient (Wildman–Crippen LogP) is 1.56. The second-order valence-corrected chi connectivity index (χ2v) is 12.4. The number of carbonyl (C=O) groups is 2. The molecule has 0 spiro atoms. The van der Waals surface area contributed by atoms with Crippen LogP contribution in [0.4, 0.5) is 14.5 Å². The maximum atomic E-state index is 15.1. The lowest BCUT2D eigenvalue weighted by Gasteiger charge is -2.16. The van der Waals surface area contributed by atoms with E-state index in [1.54, 1.807) is 0 Å². The number of halogens is 2. The first-order valence-corrected chi connectivity index (χ1v) is 15.8. The van der Waals surface area contributed by atoms with Crippen LogP contribution in [-0.4, -0.2) is 65.3 Å². The average molecular weight is 704 g/mol. The fourth-order valence-electron chi connectivity index (χ4n) is 4.97. The highest BCUT2D eigenvalue weighted by atomic mass is 32.2. The minimum Gasteiger partial charge on any atom is -0.480 e. The Morgan fingerprint density at radius 2 is 1.68 bits per heavy atom. The maximum absolute atomic E-state index is 15.1. The lowest BCUT2D eigenvalue weighted by atomic mass is 10.1. The third kappa shape index (κ3) is 6.43. The zero-order valence-corrected chi connectivity index (χ0v) is 26.4. The number of nitrogens with one attached hydrogen (secondary N) is 2. The minimum atomic E-state index is -4.40. The number of fused-ring (bicyclic) bond motifs is 1. The van der Waals surface area contributed by atoms with E-state index >= 15 is 8.78 Å². The summed E-state index contributed by atoms with van der Waals surface area (Å²) in [4.78, 5) is 58.6. The topological polar surface area (TPSA) is 213 Å². The molecule has 0 aliphatic carbocycles. The Bertz CT molecular complexity index is 2500. The van der Waals surface area contributed by atoms with Crippen LogP contribution in [0, 0.1) is 11.6 Å². The molecule has 0 bridgehead atoms. The summed E-state index contributed by atoms with van der Waals surface area (Å²) in [5.41, 5.74) is -1.91. The zero-order valence-electron chi connectivity index (χ0n) is 25.6. The minimum absolute atomic E-state index is 0.0497. The van der Waals surface area contributed by atoms with Crippen molar-refractivity contribution in [3.8, 4) is 11.5 Å². The summed E-state index contributed by atoms with van der Waals surface area (Å²) in [6, 6.07) is 8.73. The number of pyridine rings is 2. The molecule has 1 atom stereocenters. The number of hydrogen-bond acceptors (Lipinski definition) is 10. The second-order valence-electron chi connectivity index (χ2n) is 10.7. The smallest absolute Gasteiger partial charge is 0.337 e. The molecule has 0 aliphatic rings. The molecule has 6 aromatic rings. The highest BCUT2D eigenvalue weighted by Crippen LogP contribution is 2.24. The fourth-order valence-corrected chi connectivity index (χ4v) is 6.03. The van der Waals surface area contributed by atoms with Crippen molar-refractivity contribution in [2.75, 3.05) is 4.72 Å². The molecule has 6 rings (SSSR count). The van der Waals surface area contributed by atoms with Gasteiger partial charge in [0.1, 0.15) is 36.1 Å². The number of benzene rings is 2. The van der Waals surface area contributed by atoms with Crippen molar-refractivity contribution in [3.05, 3.63) is 129 Å². The number of anilines is 1. The van der Waals surface area contributed by atoms with Crippen molar-refractivity contribution in [3.63, 3.8) is 0 Å². The highest BCUT2D eigenvalue weighted by molar-refractivity contribution is 7.92. The van der Waals surface area contributed by atoms with E-state index < -0.39 is 62.1 Å². The van der Waals surface area contributed by atoms with Crippen LogP contribution >= 0.6 is 0 Å². The molecule has 19 heteroatoms. The van der Waals surface area contributed by atoms with Gasteiger partial charge >= 0.3 is 11.7 Å². The van der Waals surface area contributed by atoms with Crippen molar-refractivity contribution < 1.29 is 31.9 Å². The third-order valence-corrected chi connectivity index (χ3v) is 8.95. The first-order chi connectivity index (χ1) is 23.8. The Balaban J connectivity index is 1.17. The summed E-state index contributed by atoms with van der Waals surface area (Å²) >= 11 is 0. The molecule has 2 aromatic carbocycles. The molecule has 0 aliphatic heterocycles. The van der Waals surface area contributed by atoms with Gasteiger partial charge in [0.05, 0.1) is 33.2 Å². The average Bonchev–Trinajstić information content (AvgIpc) is 3.64. The van der Waals surface area contributed by atoms with Gasteiger partial charge in [0.25, 0.3) is 21.5 Å². The summed E-state index contributed by atoms with van der Waals surface area (Å²) in [7, 11) is -2.94. The van der Waals surface area contributed by atoms with Crippen LogP contribution in [0.1, 0.15) is 15.9 Å². The summed E-state index contributed by atoms with van der Waals surface area (Å²) in [6.45, 7) is 0. The number of nitrogens with zero attached hydrogens (tertiary/aromatic N) is 7. The number of sulfonamides is 1. The Kier molecular flexibility index (Phi) is 8.73. The Hall–Kier alpha value is -6.63. The molecule has 50 heavy (non-hydrogen) atoms. The highest BCUT2D eigenvalue weighted by Gasteiger charge is 2.26. The molecule has 4 heterocycles. The van der Waals surface area contributed by atoms with E-state index in [0.29, 0.717) is 23.3 Å². The van der Waals surface area contributed by atoms with Gasteiger partial charge in [0.2, 0.25) is 0 Å². The van der Waals surface area contributed by atoms with Crippen LogP contribution in [0.3, 0.4) is 0 Å². The van der Waals surface area contributed by atoms with Gasteiger partial charge in [-0.15, -0.1) is 10.2 Å². The number of hydrogen-bond donors (Lipinski definition) is 3. The van der Waals surface area contributed by atoms with Gasteiger partial charge in [0, 0.05) is 37.6 Å². The molecular weight excluding hydrogens is 680 g/mol. The first-order valence-electron chi connectivity index (χ1n) is 14.4. The molecule has 1 amide bonds. The van der Waals surface area contributed by atoms with E-state index in [0.717, 1.165) is 4.57 Å². The van der Waals surface area contributed by atoms with Gasteiger partial charge < -0.3 is 10.4 Å². The standard InChI is InChI=1S/C31H23F2N9O7S/c1-40-26-14-34-9-8-20(26)29(44)42(31(40)47)27-7-2-17(13-35-27)10-25(30(45)46)38-28(43)21-11-23(33)24(12-22(21)32)39-50(48,49)19-5-3-18(4-6-19)41-15-36-37-16-41/h2-9,11-16,25,39H,10H2,1H3,(H,38,43)(H,45,46). The van der Waals surface area contributed by atoms with Crippen LogP contribution in [0.2, 0.25) is 0 Å². The zero-order chi connectivity index (χ0) is 35.7. The van der Waals surface area contributed by atoms with E-state index in [2.05, 4.69) is 25.5 Å².